The van der Waals surface area contributed by atoms with E-state index in [-0.39, 0.29) is 114 Å². The van der Waals surface area contributed by atoms with Crippen LogP contribution < -0.4 is 19.6 Å². The molecule has 1 heterocycles. The molecule has 2 aliphatic rings. The van der Waals surface area contributed by atoms with Crippen molar-refractivity contribution in [1.29, 1.82) is 0 Å². The van der Waals surface area contributed by atoms with E-state index in [4.69, 9.17) is 18.9 Å². The molecule has 8 aromatic rings. The van der Waals surface area contributed by atoms with Crippen LogP contribution in [0, 0.1) is 5.92 Å². The molecule has 1 saturated carbocycles. The van der Waals surface area contributed by atoms with Crippen LogP contribution in [0.25, 0.3) is 0 Å². The molecule has 0 aromatic heterocycles. The van der Waals surface area contributed by atoms with E-state index < -0.39 is 46.8 Å². The Morgan fingerprint density at radius 1 is 0.403 bits per heavy atom. The van der Waals surface area contributed by atoms with Gasteiger partial charge in [-0.3, -0.25) is 19.2 Å². The fraction of sp³-hybridized carbons (Fsp3) is 0.434. The summed E-state index contributed by atoms with van der Waals surface area (Å²) in [5.74, 6) is -3.66. The summed E-state index contributed by atoms with van der Waals surface area (Å²) < 4.78 is 22.0. The van der Waals surface area contributed by atoms with E-state index in [1.807, 2.05) is 45.9 Å². The topological polar surface area (TPSA) is 267 Å². The van der Waals surface area contributed by atoms with Crippen LogP contribution in [0.4, 0.5) is 22.7 Å². The molecule has 8 aromatic carbocycles. The number of ether oxygens (including phenoxy) is 4. The van der Waals surface area contributed by atoms with E-state index >= 15 is 0 Å². The number of aromatic hydroxyl groups is 4. The highest BCUT2D eigenvalue weighted by molar-refractivity contribution is 6.18. The largest absolute Gasteiger partial charge is 0.507 e. The van der Waals surface area contributed by atoms with Gasteiger partial charge in [0.05, 0.1) is 57.7 Å². The number of phenols is 4. The highest BCUT2D eigenvalue weighted by Crippen LogP contribution is 2.35. The second-order valence-corrected chi connectivity index (χ2v) is 31.7. The van der Waals surface area contributed by atoms with Gasteiger partial charge in [0.25, 0.3) is 0 Å². The molecule has 1 atom stereocenters. The summed E-state index contributed by atoms with van der Waals surface area (Å²) in [6, 6.07) is 47.2. The molecule has 0 spiro atoms. The molecular formula is C99H126N4O16. The second kappa shape index (κ2) is 47.3. The third kappa shape index (κ3) is 27.1. The number of unbranched alkanes of at least 4 members (excludes halogenated alkanes) is 4. The van der Waals surface area contributed by atoms with Gasteiger partial charge >= 0.3 is 23.9 Å². The number of rotatable bonds is 34. The van der Waals surface area contributed by atoms with Crippen molar-refractivity contribution in [3.05, 3.63) is 237 Å². The molecule has 1 aliphatic carbocycles. The number of piperidine rings is 1. The molecule has 119 heavy (non-hydrogen) atoms. The first-order chi connectivity index (χ1) is 57.0. The number of nitrogens with zero attached hydrogens (tertiary/aromatic N) is 4. The number of carbonyl (C=O) groups is 8. The average Bonchev–Trinajstić information content (AvgIpc) is 0.821. The number of carbonyl (C=O) groups excluding carboxylic acids is 8. The van der Waals surface area contributed by atoms with Crippen LogP contribution in [0.2, 0.25) is 0 Å². The third-order valence-electron chi connectivity index (χ3n) is 21.3. The number of esters is 4. The summed E-state index contributed by atoms with van der Waals surface area (Å²) in [5.41, 5.74) is 5.32. The predicted octanol–water partition coefficient (Wildman–Crippen LogP) is 21.4. The molecular weight excluding hydrogens is 1500 g/mol. The van der Waals surface area contributed by atoms with Crippen LogP contribution in [-0.2, 0) is 18.9 Å². The lowest BCUT2D eigenvalue weighted by Crippen LogP contribution is -2.36. The Bertz CT molecular complexity index is 4670. The fourth-order valence-corrected chi connectivity index (χ4v) is 14.8. The average molecular weight is 1630 g/mol. The van der Waals surface area contributed by atoms with Gasteiger partial charge in [-0.1, -0.05) is 139 Å². The van der Waals surface area contributed by atoms with E-state index in [9.17, 15) is 58.8 Å². The van der Waals surface area contributed by atoms with Gasteiger partial charge in [-0.2, -0.15) is 0 Å². The van der Waals surface area contributed by atoms with Gasteiger partial charge < -0.3 is 59.0 Å². The second-order valence-electron chi connectivity index (χ2n) is 31.7. The Hall–Kier alpha value is -11.3. The highest BCUT2D eigenvalue weighted by Gasteiger charge is 2.30. The summed E-state index contributed by atoms with van der Waals surface area (Å²) >= 11 is 0. The Balaban J connectivity index is 0.000000219. The fourth-order valence-electron chi connectivity index (χ4n) is 14.8. The van der Waals surface area contributed by atoms with Crippen molar-refractivity contribution < 1.29 is 77.7 Å². The third-order valence-corrected chi connectivity index (χ3v) is 21.3. The molecule has 10 rings (SSSR count). The number of hydrogen-bond donors (Lipinski definition) is 4. The summed E-state index contributed by atoms with van der Waals surface area (Å²) in [4.78, 5) is 112. The molecule has 2 fully saturated rings. The van der Waals surface area contributed by atoms with E-state index in [0.717, 1.165) is 152 Å². The van der Waals surface area contributed by atoms with Crippen molar-refractivity contribution in [2.75, 3.05) is 72.1 Å². The highest BCUT2D eigenvalue weighted by atomic mass is 16.6. The van der Waals surface area contributed by atoms with Gasteiger partial charge in [0.2, 0.25) is 0 Å². The molecule has 20 heteroatoms. The van der Waals surface area contributed by atoms with Crippen LogP contribution >= 0.6 is 0 Å². The molecule has 0 radical (unpaired) electrons. The molecule has 638 valence electrons. The number of anilines is 4. The number of hydrogen-bond acceptors (Lipinski definition) is 20. The SMILES string of the molecule is CCCCC(CC)COC(=O)c1ccccc1C(=O)c1ccc(N(C(C)C)C(C)C)cc1O.CCCCCCOC(=O)c1ccccc1C(=O)c1ccc(N(CC)CC)cc1O.CCN(CC)c1ccc(C(=O)c2ccccc2C(=O)OC(C)(C)C)c(O)c1.O=C(OC1CCCCC1)c1ccccc1C(=O)c1ccc(N2CCCCC2)cc1O. The van der Waals surface area contributed by atoms with Gasteiger partial charge in [0.15, 0.2) is 23.1 Å². The van der Waals surface area contributed by atoms with E-state index in [1.54, 1.807) is 172 Å². The molecule has 20 nitrogen and oxygen atoms in total. The zero-order chi connectivity index (χ0) is 86.9. The Morgan fingerprint density at radius 3 is 1.16 bits per heavy atom. The van der Waals surface area contributed by atoms with Gasteiger partial charge in [-0.05, 0) is 213 Å². The Labute approximate surface area is 704 Å². The maximum atomic E-state index is 13.3. The first-order valence-corrected chi connectivity index (χ1v) is 42.7. The van der Waals surface area contributed by atoms with Crippen molar-refractivity contribution in [3.8, 4) is 23.0 Å². The van der Waals surface area contributed by atoms with Crippen LogP contribution in [0.15, 0.2) is 170 Å². The standard InChI is InChI=1S/C28H39NO4.C25H29NO4.C24H31NO4.C22H27NO4/c1-7-9-12-21(8-2)18-33-28(32)24-14-11-10-13-23(24)27(31)25-16-15-22(17-26(25)30)29(19(3)4)20(5)6;27-23-17-18(26-15-7-2-8-16-26)13-14-22(23)24(28)20-11-5-6-12-21(20)25(29)30-19-9-3-1-4-10-19;1-4-7-8-11-16-29-24(28)20-13-10-9-12-19(20)23(27)21-15-14-18(17-22(21)26)25(5-2)6-3;1-6-23(7-2)15-12-13-18(19(24)14-15)20(25)16-10-8-9-11-17(16)21(26)27-22(3,4)5/h10-11,13-17,19-21,30H,7-9,12,18H2,1-6H3;5-6,11-14,17,19,27H,1-4,7-10,15-16H2;9-10,12-15,17,26H,4-8,11,16H2,1-3H3;8-14,24H,6-7H2,1-5H3. The molecule has 1 aliphatic heterocycles. The maximum absolute atomic E-state index is 13.3. The smallest absolute Gasteiger partial charge is 0.339 e. The van der Waals surface area contributed by atoms with Crippen LogP contribution in [0.3, 0.4) is 0 Å². The molecule has 1 saturated heterocycles. The van der Waals surface area contributed by atoms with Gasteiger partial charge in [0, 0.05) is 121 Å². The zero-order valence-corrected chi connectivity index (χ0v) is 72.4. The molecule has 0 amide bonds. The number of ketones is 4. The zero-order valence-electron chi connectivity index (χ0n) is 72.4. The van der Waals surface area contributed by atoms with E-state index in [0.29, 0.717) is 19.1 Å². The summed E-state index contributed by atoms with van der Waals surface area (Å²) in [7, 11) is 0. The van der Waals surface area contributed by atoms with Crippen molar-refractivity contribution >= 4 is 69.8 Å². The summed E-state index contributed by atoms with van der Waals surface area (Å²) in [6.07, 6.45) is 16.7. The Morgan fingerprint density at radius 2 is 0.773 bits per heavy atom. The Kier molecular flexibility index (Phi) is 37.7. The van der Waals surface area contributed by atoms with Crippen molar-refractivity contribution in [3.63, 3.8) is 0 Å². The normalized spacial score (nSPS) is 12.9. The minimum atomic E-state index is -0.666. The first-order valence-electron chi connectivity index (χ1n) is 42.7. The predicted molar refractivity (Wildman–Crippen MR) is 473 cm³/mol. The lowest BCUT2D eigenvalue weighted by atomic mass is 9.96. The van der Waals surface area contributed by atoms with Crippen LogP contribution in [0.1, 0.15) is 305 Å². The number of phenolic OH excluding ortho intramolecular Hbond substituents is 4. The molecule has 0 bridgehead atoms. The van der Waals surface area contributed by atoms with Crippen molar-refractivity contribution in [2.45, 2.75) is 223 Å². The number of benzene rings is 8. The maximum Gasteiger partial charge on any atom is 0.339 e. The van der Waals surface area contributed by atoms with Crippen LogP contribution in [0.5, 0.6) is 23.0 Å². The van der Waals surface area contributed by atoms with E-state index in [1.165, 1.54) is 12.8 Å². The lowest BCUT2D eigenvalue weighted by Gasteiger charge is -2.33. The van der Waals surface area contributed by atoms with E-state index in [2.05, 4.69) is 68.1 Å². The monoisotopic (exact) mass is 1630 g/mol. The van der Waals surface area contributed by atoms with Gasteiger partial charge in [-0.15, -0.1) is 0 Å². The molecule has 4 N–H and O–H groups in total. The van der Waals surface area contributed by atoms with Crippen LogP contribution in [-0.4, -0.2) is 144 Å². The summed E-state index contributed by atoms with van der Waals surface area (Å²) in [5, 5.41) is 42.1. The molecule has 1 unspecified atom stereocenters. The minimum absolute atomic E-state index is 0.0569. The lowest BCUT2D eigenvalue weighted by molar-refractivity contribution is 0.00663. The van der Waals surface area contributed by atoms with Gasteiger partial charge in [0.1, 0.15) is 34.7 Å². The quantitative estimate of drug-likeness (QED) is 0.0126. The van der Waals surface area contributed by atoms with Crippen molar-refractivity contribution in [2.24, 2.45) is 5.92 Å². The van der Waals surface area contributed by atoms with Gasteiger partial charge in [-0.25, -0.2) is 19.2 Å². The van der Waals surface area contributed by atoms with Crippen molar-refractivity contribution in [1.82, 2.24) is 0 Å². The summed E-state index contributed by atoms with van der Waals surface area (Å²) in [6.45, 7) is 33.9. The first kappa shape index (κ1) is 94.9. The minimum Gasteiger partial charge on any atom is -0.507 e.